The van der Waals surface area contributed by atoms with Crippen LogP contribution in [0.2, 0.25) is 0 Å². The van der Waals surface area contributed by atoms with E-state index in [1.165, 1.54) is 35.0 Å². The highest BCUT2D eigenvalue weighted by molar-refractivity contribution is 5.78. The van der Waals surface area contributed by atoms with Gasteiger partial charge in [0, 0.05) is 25.2 Å². The molecule has 1 aliphatic heterocycles. The number of hydrogen-bond acceptors (Lipinski definition) is 3. The second-order valence-corrected chi connectivity index (χ2v) is 8.50. The highest BCUT2D eigenvalue weighted by atomic mass is 16.4. The molecule has 30 heavy (non-hydrogen) atoms. The predicted molar refractivity (Wildman–Crippen MR) is 116 cm³/mol. The normalized spacial score (nSPS) is 20.3. The van der Waals surface area contributed by atoms with E-state index < -0.39 is 5.97 Å². The quantitative estimate of drug-likeness (QED) is 0.720. The summed E-state index contributed by atoms with van der Waals surface area (Å²) < 4.78 is 3.23. The lowest BCUT2D eigenvalue weighted by atomic mass is 9.86. The highest BCUT2D eigenvalue weighted by Crippen LogP contribution is 2.37. The van der Waals surface area contributed by atoms with Crippen LogP contribution in [0.25, 0.3) is 11.0 Å². The average molecular weight is 405 g/mol. The Bertz CT molecular complexity index is 1140. The second kappa shape index (κ2) is 7.76. The van der Waals surface area contributed by atoms with Crippen LogP contribution in [0.3, 0.4) is 0 Å². The Morgan fingerprint density at radius 2 is 1.67 bits per heavy atom. The zero-order valence-electron chi connectivity index (χ0n) is 17.0. The van der Waals surface area contributed by atoms with Crippen molar-refractivity contribution in [2.75, 3.05) is 13.1 Å². The minimum absolute atomic E-state index is 0.104. The van der Waals surface area contributed by atoms with Gasteiger partial charge in [-0.2, -0.15) is 0 Å². The van der Waals surface area contributed by atoms with E-state index in [1.807, 2.05) is 28.8 Å². The largest absolute Gasteiger partial charge is 0.480 e. The first-order valence-corrected chi connectivity index (χ1v) is 10.9. The number of likely N-dealkylation sites (tertiary alicyclic amines) is 1. The molecule has 1 aromatic heterocycles. The molecule has 5 rings (SSSR count). The predicted octanol–water partition coefficient (Wildman–Crippen LogP) is 3.60. The molecule has 6 nitrogen and oxygen atoms in total. The summed E-state index contributed by atoms with van der Waals surface area (Å²) in [6.45, 7) is 1.60. The summed E-state index contributed by atoms with van der Waals surface area (Å²) in [5.41, 5.74) is 4.28. The molecule has 156 valence electrons. The van der Waals surface area contributed by atoms with E-state index in [1.54, 1.807) is 0 Å². The van der Waals surface area contributed by atoms with Crippen LogP contribution in [0.15, 0.2) is 53.3 Å². The Kier molecular flexibility index (Phi) is 4.95. The summed E-state index contributed by atoms with van der Waals surface area (Å²) in [7, 11) is 0. The molecule has 2 aliphatic rings. The molecule has 0 saturated carbocycles. The van der Waals surface area contributed by atoms with Gasteiger partial charge in [0.25, 0.3) is 0 Å². The fourth-order valence-corrected chi connectivity index (χ4v) is 5.44. The summed E-state index contributed by atoms with van der Waals surface area (Å²) in [6.07, 6.45) is 5.39. The lowest BCUT2D eigenvalue weighted by Crippen LogP contribution is -2.40. The van der Waals surface area contributed by atoms with Gasteiger partial charge in [-0.1, -0.05) is 36.4 Å². The topological polar surface area (TPSA) is 67.5 Å². The van der Waals surface area contributed by atoms with Gasteiger partial charge in [-0.05, 0) is 55.4 Å². The van der Waals surface area contributed by atoms with Crippen LogP contribution in [-0.4, -0.2) is 38.2 Å². The number of imidazole rings is 1. The van der Waals surface area contributed by atoms with E-state index in [0.29, 0.717) is 11.6 Å². The minimum atomic E-state index is -0.995. The van der Waals surface area contributed by atoms with Crippen LogP contribution >= 0.6 is 0 Å². The van der Waals surface area contributed by atoms with Crippen LogP contribution in [0, 0.1) is 0 Å². The smallest absolute Gasteiger partial charge is 0.329 e. The molecule has 3 aromatic rings. The minimum Gasteiger partial charge on any atom is -0.480 e. The third-order valence-electron chi connectivity index (χ3n) is 6.81. The lowest BCUT2D eigenvalue weighted by molar-refractivity contribution is -0.137. The summed E-state index contributed by atoms with van der Waals surface area (Å²) in [5, 5.41) is 9.25. The Morgan fingerprint density at radius 1 is 0.967 bits per heavy atom. The number of carboxylic acids is 1. The van der Waals surface area contributed by atoms with Gasteiger partial charge in [-0.25, -0.2) is 4.79 Å². The van der Waals surface area contributed by atoms with E-state index >= 15 is 0 Å². The van der Waals surface area contributed by atoms with Crippen molar-refractivity contribution in [3.63, 3.8) is 0 Å². The fraction of sp³-hybridized carbons (Fsp3) is 0.417. The van der Waals surface area contributed by atoms with Crippen LogP contribution in [0.1, 0.15) is 48.9 Å². The van der Waals surface area contributed by atoms with Crippen LogP contribution in [0.4, 0.5) is 0 Å². The van der Waals surface area contributed by atoms with E-state index in [-0.39, 0.29) is 18.3 Å². The van der Waals surface area contributed by atoms with E-state index in [0.717, 1.165) is 31.4 Å². The number of fused-ring (bicyclic) bond motifs is 2. The molecule has 0 amide bonds. The zero-order valence-corrected chi connectivity index (χ0v) is 17.0. The average Bonchev–Trinajstić information content (AvgIpc) is 3.04. The molecule has 0 bridgehead atoms. The van der Waals surface area contributed by atoms with Crippen LogP contribution in [0.5, 0.6) is 0 Å². The van der Waals surface area contributed by atoms with Crippen molar-refractivity contribution in [1.29, 1.82) is 0 Å². The number of aryl methyl sites for hydroxylation is 1. The number of nitrogens with zero attached hydrogens (tertiary/aromatic N) is 3. The maximum Gasteiger partial charge on any atom is 0.329 e. The van der Waals surface area contributed by atoms with E-state index in [9.17, 15) is 14.7 Å². The molecule has 1 atom stereocenters. The number of carboxylic acid groups (broad SMARTS) is 1. The number of aromatic nitrogens is 2. The lowest BCUT2D eigenvalue weighted by Gasteiger charge is -2.40. The molecule has 6 heteroatoms. The molecule has 1 N–H and O–H groups in total. The summed E-state index contributed by atoms with van der Waals surface area (Å²) in [5.74, 6) is -0.995. The summed E-state index contributed by atoms with van der Waals surface area (Å²) in [4.78, 5) is 27.0. The molecule has 1 saturated heterocycles. The first-order valence-electron chi connectivity index (χ1n) is 10.9. The molecule has 2 heterocycles. The third kappa shape index (κ3) is 3.25. The van der Waals surface area contributed by atoms with Gasteiger partial charge in [0.2, 0.25) is 0 Å². The standard InChI is InChI=1S/C24H27N3O3/c28-23(29)16-26-21-9-3-4-10-22(21)27(24(26)30)18-12-14-25(15-13-18)20-11-5-7-17-6-1-2-8-19(17)20/h1-4,6,8-10,18,20H,5,7,11-16H2,(H,28,29). The maximum atomic E-state index is 13.1. The number of hydrogen-bond donors (Lipinski definition) is 1. The number of benzene rings is 2. The number of piperidine rings is 1. The molecule has 0 radical (unpaired) electrons. The molecule has 1 fully saturated rings. The van der Waals surface area contributed by atoms with Crippen molar-refractivity contribution >= 4 is 17.0 Å². The molecule has 0 spiro atoms. The van der Waals surface area contributed by atoms with Crippen LogP contribution in [-0.2, 0) is 17.8 Å². The van der Waals surface area contributed by atoms with Crippen LogP contribution < -0.4 is 5.69 Å². The Labute approximate surface area is 175 Å². The Balaban J connectivity index is 1.41. The number of aliphatic carboxylic acids is 1. The third-order valence-corrected chi connectivity index (χ3v) is 6.81. The van der Waals surface area contributed by atoms with Crippen molar-refractivity contribution in [1.82, 2.24) is 14.0 Å². The second-order valence-electron chi connectivity index (χ2n) is 8.50. The number of para-hydroxylation sites is 2. The van der Waals surface area contributed by atoms with Gasteiger partial charge >= 0.3 is 11.7 Å². The molecule has 1 aliphatic carbocycles. The van der Waals surface area contributed by atoms with Crippen molar-refractivity contribution < 1.29 is 9.90 Å². The van der Waals surface area contributed by atoms with Gasteiger partial charge in [-0.3, -0.25) is 18.8 Å². The van der Waals surface area contributed by atoms with Crippen molar-refractivity contribution in [2.45, 2.75) is 50.7 Å². The number of rotatable bonds is 4. The van der Waals surface area contributed by atoms with E-state index in [4.69, 9.17) is 0 Å². The molecule has 1 unspecified atom stereocenters. The molecular formula is C24H27N3O3. The monoisotopic (exact) mass is 405 g/mol. The van der Waals surface area contributed by atoms with Gasteiger partial charge in [0.1, 0.15) is 6.54 Å². The van der Waals surface area contributed by atoms with Gasteiger partial charge < -0.3 is 5.11 Å². The maximum absolute atomic E-state index is 13.1. The van der Waals surface area contributed by atoms with Gasteiger partial charge in [0.05, 0.1) is 11.0 Å². The number of carbonyl (C=O) groups is 1. The Morgan fingerprint density at radius 3 is 2.43 bits per heavy atom. The van der Waals surface area contributed by atoms with Gasteiger partial charge in [-0.15, -0.1) is 0 Å². The SMILES string of the molecule is O=C(O)Cn1c(=O)n(C2CCN(C3CCCc4ccccc43)CC2)c2ccccc21. The first-order chi connectivity index (χ1) is 14.6. The molecular weight excluding hydrogens is 378 g/mol. The van der Waals surface area contributed by atoms with Crippen molar-refractivity contribution in [3.8, 4) is 0 Å². The van der Waals surface area contributed by atoms with Crippen molar-refractivity contribution in [3.05, 3.63) is 70.1 Å². The van der Waals surface area contributed by atoms with Crippen molar-refractivity contribution in [2.24, 2.45) is 0 Å². The summed E-state index contributed by atoms with van der Waals surface area (Å²) in [6, 6.07) is 16.9. The summed E-state index contributed by atoms with van der Waals surface area (Å²) >= 11 is 0. The highest BCUT2D eigenvalue weighted by Gasteiger charge is 2.31. The van der Waals surface area contributed by atoms with E-state index in [2.05, 4.69) is 29.2 Å². The molecule has 2 aromatic carbocycles. The Hall–Kier alpha value is -2.86. The zero-order chi connectivity index (χ0) is 20.7. The van der Waals surface area contributed by atoms with Gasteiger partial charge in [0.15, 0.2) is 0 Å². The fourth-order valence-electron chi connectivity index (χ4n) is 5.44. The first kappa shape index (κ1) is 19.1.